The SMILES string of the molecule is Cc1ccc(NC(=O)Cc2ccc3nc(NC(=O)C(C)C)sc3c2)cc1C. The third-order valence-electron chi connectivity index (χ3n) is 4.36. The van der Waals surface area contributed by atoms with Crippen LogP contribution in [0, 0.1) is 19.8 Å². The highest BCUT2D eigenvalue weighted by Gasteiger charge is 2.12. The minimum absolute atomic E-state index is 0.0537. The van der Waals surface area contributed by atoms with Gasteiger partial charge in [-0.15, -0.1) is 0 Å². The van der Waals surface area contributed by atoms with Crippen molar-refractivity contribution in [2.75, 3.05) is 10.6 Å². The lowest BCUT2D eigenvalue weighted by Crippen LogP contribution is -2.17. The van der Waals surface area contributed by atoms with Crippen LogP contribution in [0.5, 0.6) is 0 Å². The van der Waals surface area contributed by atoms with Gasteiger partial charge >= 0.3 is 0 Å². The second-order valence-corrected chi connectivity index (χ2v) is 8.02. The van der Waals surface area contributed by atoms with Crippen LogP contribution in [0.1, 0.15) is 30.5 Å². The van der Waals surface area contributed by atoms with E-state index < -0.39 is 0 Å². The van der Waals surface area contributed by atoms with Crippen molar-refractivity contribution in [1.29, 1.82) is 0 Å². The number of nitrogens with zero attached hydrogens (tertiary/aromatic N) is 1. The predicted molar refractivity (Wildman–Crippen MR) is 111 cm³/mol. The van der Waals surface area contributed by atoms with Crippen molar-refractivity contribution in [3.05, 3.63) is 53.1 Å². The van der Waals surface area contributed by atoms with E-state index in [1.165, 1.54) is 16.9 Å². The molecule has 0 aliphatic rings. The number of hydrogen-bond acceptors (Lipinski definition) is 4. The lowest BCUT2D eigenvalue weighted by atomic mass is 10.1. The van der Waals surface area contributed by atoms with Crippen LogP contribution in [-0.2, 0) is 16.0 Å². The molecule has 1 heterocycles. The monoisotopic (exact) mass is 381 g/mol. The summed E-state index contributed by atoms with van der Waals surface area (Å²) >= 11 is 1.42. The second-order valence-electron chi connectivity index (χ2n) is 6.99. The number of carbonyl (C=O) groups is 2. The largest absolute Gasteiger partial charge is 0.326 e. The smallest absolute Gasteiger partial charge is 0.228 e. The number of aryl methyl sites for hydroxylation is 2. The summed E-state index contributed by atoms with van der Waals surface area (Å²) < 4.78 is 0.950. The first-order chi connectivity index (χ1) is 12.8. The number of carbonyl (C=O) groups excluding carboxylic acids is 2. The van der Waals surface area contributed by atoms with Crippen molar-refractivity contribution in [3.8, 4) is 0 Å². The summed E-state index contributed by atoms with van der Waals surface area (Å²) in [6, 6.07) is 11.6. The zero-order valence-corrected chi connectivity index (χ0v) is 16.7. The minimum Gasteiger partial charge on any atom is -0.326 e. The van der Waals surface area contributed by atoms with Crippen molar-refractivity contribution < 1.29 is 9.59 Å². The summed E-state index contributed by atoms with van der Waals surface area (Å²) in [5.74, 6) is -0.209. The molecule has 2 amide bonds. The van der Waals surface area contributed by atoms with Crippen LogP contribution < -0.4 is 10.6 Å². The summed E-state index contributed by atoms with van der Waals surface area (Å²) in [5, 5.41) is 6.35. The molecule has 3 aromatic rings. The number of nitrogens with one attached hydrogen (secondary N) is 2. The molecule has 2 aromatic carbocycles. The summed E-state index contributed by atoms with van der Waals surface area (Å²) in [4.78, 5) is 28.6. The number of fused-ring (bicyclic) bond motifs is 1. The van der Waals surface area contributed by atoms with Crippen molar-refractivity contribution in [1.82, 2.24) is 4.98 Å². The maximum absolute atomic E-state index is 12.4. The van der Waals surface area contributed by atoms with Crippen LogP contribution in [0.25, 0.3) is 10.2 Å². The summed E-state index contributed by atoms with van der Waals surface area (Å²) in [5.41, 5.74) is 4.88. The molecule has 0 radical (unpaired) electrons. The molecule has 2 N–H and O–H groups in total. The van der Waals surface area contributed by atoms with Crippen molar-refractivity contribution >= 4 is 44.2 Å². The lowest BCUT2D eigenvalue weighted by molar-refractivity contribution is -0.119. The standard InChI is InChI=1S/C21H23N3O2S/c1-12(2)20(26)24-21-23-17-8-6-15(10-18(17)27-21)11-19(25)22-16-7-5-13(3)14(4)9-16/h5-10,12H,11H2,1-4H3,(H,22,25)(H,23,24,26). The molecule has 3 rings (SSSR count). The first kappa shape index (κ1) is 19.0. The maximum atomic E-state index is 12.4. The molecule has 140 valence electrons. The number of aromatic nitrogens is 1. The van der Waals surface area contributed by atoms with E-state index in [4.69, 9.17) is 0 Å². The Labute approximate surface area is 162 Å². The van der Waals surface area contributed by atoms with E-state index in [0.717, 1.165) is 27.0 Å². The van der Waals surface area contributed by atoms with Gasteiger partial charge in [0, 0.05) is 11.6 Å². The van der Waals surface area contributed by atoms with Crippen LogP contribution in [0.2, 0.25) is 0 Å². The molecule has 0 aliphatic carbocycles. The Kier molecular flexibility index (Phi) is 5.56. The average Bonchev–Trinajstić information content (AvgIpc) is 2.99. The van der Waals surface area contributed by atoms with Gasteiger partial charge in [0.25, 0.3) is 0 Å². The molecule has 0 saturated heterocycles. The molecule has 0 bridgehead atoms. The summed E-state index contributed by atoms with van der Waals surface area (Å²) in [6.07, 6.45) is 0.286. The van der Waals surface area contributed by atoms with Gasteiger partial charge in [0.1, 0.15) is 0 Å². The first-order valence-corrected chi connectivity index (χ1v) is 9.71. The highest BCUT2D eigenvalue weighted by atomic mass is 32.1. The highest BCUT2D eigenvalue weighted by Crippen LogP contribution is 2.27. The topological polar surface area (TPSA) is 71.1 Å². The van der Waals surface area contributed by atoms with Gasteiger partial charge < -0.3 is 10.6 Å². The Balaban J connectivity index is 1.70. The van der Waals surface area contributed by atoms with E-state index in [1.807, 2.05) is 64.1 Å². The van der Waals surface area contributed by atoms with E-state index >= 15 is 0 Å². The third-order valence-corrected chi connectivity index (χ3v) is 5.30. The summed E-state index contributed by atoms with van der Waals surface area (Å²) in [6.45, 7) is 7.76. The fourth-order valence-electron chi connectivity index (χ4n) is 2.59. The van der Waals surface area contributed by atoms with Crippen molar-refractivity contribution in [2.24, 2.45) is 5.92 Å². The van der Waals surface area contributed by atoms with Crippen LogP contribution in [-0.4, -0.2) is 16.8 Å². The Morgan fingerprint density at radius 2 is 1.81 bits per heavy atom. The van der Waals surface area contributed by atoms with Crippen LogP contribution in [0.3, 0.4) is 0 Å². The first-order valence-electron chi connectivity index (χ1n) is 8.89. The predicted octanol–water partition coefficient (Wildman–Crippen LogP) is 4.69. The Morgan fingerprint density at radius 1 is 1.04 bits per heavy atom. The van der Waals surface area contributed by atoms with Crippen molar-refractivity contribution in [3.63, 3.8) is 0 Å². The Morgan fingerprint density at radius 3 is 2.52 bits per heavy atom. The molecule has 0 unspecified atom stereocenters. The fourth-order valence-corrected chi connectivity index (χ4v) is 3.52. The Hall–Kier alpha value is -2.73. The molecule has 0 spiro atoms. The molecule has 1 aromatic heterocycles. The lowest BCUT2D eigenvalue weighted by Gasteiger charge is -2.08. The van der Waals surface area contributed by atoms with Gasteiger partial charge in [0.2, 0.25) is 11.8 Å². The molecular formula is C21H23N3O2S. The average molecular weight is 382 g/mol. The zero-order chi connectivity index (χ0) is 19.6. The van der Waals surface area contributed by atoms with Crippen LogP contribution >= 0.6 is 11.3 Å². The molecule has 0 aliphatic heterocycles. The van der Waals surface area contributed by atoms with E-state index in [-0.39, 0.29) is 24.2 Å². The number of rotatable bonds is 5. The van der Waals surface area contributed by atoms with Crippen LogP contribution in [0.4, 0.5) is 10.8 Å². The van der Waals surface area contributed by atoms with Gasteiger partial charge in [-0.25, -0.2) is 4.98 Å². The quantitative estimate of drug-likeness (QED) is 0.673. The normalized spacial score (nSPS) is 11.0. The van der Waals surface area contributed by atoms with E-state index in [1.54, 1.807) is 0 Å². The molecule has 27 heavy (non-hydrogen) atoms. The molecule has 0 saturated carbocycles. The molecule has 0 fully saturated rings. The maximum Gasteiger partial charge on any atom is 0.228 e. The fraction of sp³-hybridized carbons (Fsp3) is 0.286. The highest BCUT2D eigenvalue weighted by molar-refractivity contribution is 7.22. The minimum atomic E-state index is -0.0957. The number of thiazole rings is 1. The molecule has 6 heteroatoms. The number of hydrogen-bond donors (Lipinski definition) is 2. The second kappa shape index (κ2) is 7.88. The zero-order valence-electron chi connectivity index (χ0n) is 15.9. The van der Waals surface area contributed by atoms with Crippen LogP contribution in [0.15, 0.2) is 36.4 Å². The Bertz CT molecular complexity index is 1010. The number of benzene rings is 2. The summed E-state index contributed by atoms with van der Waals surface area (Å²) in [7, 11) is 0. The molecule has 0 atom stereocenters. The van der Waals surface area contributed by atoms with Gasteiger partial charge in [0.15, 0.2) is 5.13 Å². The van der Waals surface area contributed by atoms with Gasteiger partial charge in [-0.1, -0.05) is 37.3 Å². The number of anilines is 2. The van der Waals surface area contributed by atoms with Gasteiger partial charge in [0.05, 0.1) is 16.6 Å². The van der Waals surface area contributed by atoms with E-state index in [2.05, 4.69) is 15.6 Å². The van der Waals surface area contributed by atoms with E-state index in [9.17, 15) is 9.59 Å². The van der Waals surface area contributed by atoms with Gasteiger partial charge in [-0.2, -0.15) is 0 Å². The third kappa shape index (κ3) is 4.71. The number of amides is 2. The molecular weight excluding hydrogens is 358 g/mol. The van der Waals surface area contributed by atoms with E-state index in [0.29, 0.717) is 5.13 Å². The molecule has 5 nitrogen and oxygen atoms in total. The van der Waals surface area contributed by atoms with Gasteiger partial charge in [-0.3, -0.25) is 9.59 Å². The van der Waals surface area contributed by atoms with Crippen molar-refractivity contribution in [2.45, 2.75) is 34.1 Å². The van der Waals surface area contributed by atoms with Gasteiger partial charge in [-0.05, 0) is 54.8 Å².